The third kappa shape index (κ3) is 5.83. The van der Waals surface area contributed by atoms with Crippen LogP contribution in [-0.4, -0.2) is 24.1 Å². The van der Waals surface area contributed by atoms with Crippen molar-refractivity contribution in [1.82, 2.24) is 24.1 Å². The lowest BCUT2D eigenvalue weighted by molar-refractivity contribution is 0.953. The molecule has 64 heavy (non-hydrogen) atoms. The van der Waals surface area contributed by atoms with Crippen molar-refractivity contribution in [3.8, 4) is 56.7 Å². The Bertz CT molecular complexity index is 3830. The molecule has 0 radical (unpaired) electrons. The first-order chi connectivity index (χ1) is 31.7. The molecule has 0 amide bonds. The van der Waals surface area contributed by atoms with Crippen molar-refractivity contribution in [2.75, 3.05) is 0 Å². The Morgan fingerprint density at radius 2 is 0.703 bits per heavy atom. The van der Waals surface area contributed by atoms with Crippen LogP contribution in [0.1, 0.15) is 0 Å². The topological polar surface area (TPSA) is 48.5 Å². The quantitative estimate of drug-likeness (QED) is 0.168. The minimum absolute atomic E-state index is 0.552. The van der Waals surface area contributed by atoms with Gasteiger partial charge in [0, 0.05) is 38.4 Å². The summed E-state index contributed by atoms with van der Waals surface area (Å²) in [6.07, 6.45) is 0. The normalized spacial score (nSPS) is 11.8. The van der Waals surface area contributed by atoms with E-state index in [1.165, 1.54) is 26.9 Å². The Morgan fingerprint density at radius 3 is 1.27 bits per heavy atom. The summed E-state index contributed by atoms with van der Waals surface area (Å²) >= 11 is 0. The Kier molecular flexibility index (Phi) is 8.15. The molecule has 5 nitrogen and oxygen atoms in total. The van der Waals surface area contributed by atoms with Crippen LogP contribution in [0.25, 0.3) is 122 Å². The fraction of sp³-hybridized carbons (Fsp3) is 0. The van der Waals surface area contributed by atoms with Gasteiger partial charge < -0.3 is 4.57 Å². The molecule has 0 saturated heterocycles. The maximum atomic E-state index is 5.47. The third-order valence-electron chi connectivity index (χ3n) is 12.7. The first kappa shape index (κ1) is 36.0. The van der Waals surface area contributed by atoms with Crippen LogP contribution < -0.4 is 0 Å². The third-order valence-corrected chi connectivity index (χ3v) is 12.7. The summed E-state index contributed by atoms with van der Waals surface area (Å²) in [6, 6.07) is 79.9. The monoisotopic (exact) mass is 815 g/mol. The lowest BCUT2D eigenvalue weighted by Gasteiger charge is -2.14. The first-order valence-corrected chi connectivity index (χ1v) is 21.7. The van der Waals surface area contributed by atoms with Crippen LogP contribution in [0.4, 0.5) is 0 Å². The van der Waals surface area contributed by atoms with Crippen molar-refractivity contribution < 1.29 is 0 Å². The highest BCUT2D eigenvalue weighted by atomic mass is 15.2. The smallest absolute Gasteiger partial charge is 0.238 e. The molecule has 13 aromatic rings. The molecule has 0 saturated carbocycles. The van der Waals surface area contributed by atoms with E-state index in [2.05, 4.69) is 234 Å². The lowest BCUT2D eigenvalue weighted by Crippen LogP contribution is -2.07. The minimum atomic E-state index is 0.552. The highest BCUT2D eigenvalue weighted by molar-refractivity contribution is 6.23. The highest BCUT2D eigenvalue weighted by Crippen LogP contribution is 2.42. The summed E-state index contributed by atoms with van der Waals surface area (Å²) in [5.41, 5.74) is 11.7. The maximum Gasteiger partial charge on any atom is 0.238 e. The van der Waals surface area contributed by atoms with E-state index in [1.54, 1.807) is 0 Å². The van der Waals surface area contributed by atoms with Gasteiger partial charge in [0.15, 0.2) is 11.6 Å². The molecule has 0 atom stereocenters. The molecule has 10 aromatic carbocycles. The largest absolute Gasteiger partial charge is 0.307 e. The number of aromatic nitrogens is 5. The lowest BCUT2D eigenvalue weighted by atomic mass is 9.99. The minimum Gasteiger partial charge on any atom is -0.307 e. The van der Waals surface area contributed by atoms with E-state index in [0.29, 0.717) is 17.6 Å². The van der Waals surface area contributed by atoms with Crippen LogP contribution in [0.5, 0.6) is 0 Å². The number of rotatable bonds is 6. The molecule has 13 rings (SSSR count). The van der Waals surface area contributed by atoms with Crippen LogP contribution in [-0.2, 0) is 0 Å². The fourth-order valence-corrected chi connectivity index (χ4v) is 9.69. The van der Waals surface area contributed by atoms with Gasteiger partial charge in [0.05, 0.1) is 22.1 Å². The molecule has 0 aliphatic rings. The second-order valence-corrected chi connectivity index (χ2v) is 16.5. The van der Waals surface area contributed by atoms with Crippen molar-refractivity contribution in [2.45, 2.75) is 0 Å². The van der Waals surface area contributed by atoms with Crippen molar-refractivity contribution in [3.05, 3.63) is 224 Å². The number of hydrogen-bond donors (Lipinski definition) is 0. The van der Waals surface area contributed by atoms with Gasteiger partial charge >= 0.3 is 0 Å². The van der Waals surface area contributed by atoms with Gasteiger partial charge in [0.25, 0.3) is 0 Å². The summed E-state index contributed by atoms with van der Waals surface area (Å²) < 4.78 is 4.66. The molecule has 0 spiro atoms. The molecule has 0 unspecified atom stereocenters. The number of para-hydroxylation sites is 3. The molecule has 0 aliphatic heterocycles. The van der Waals surface area contributed by atoms with Crippen LogP contribution in [0.15, 0.2) is 224 Å². The van der Waals surface area contributed by atoms with E-state index in [0.717, 1.165) is 77.3 Å². The predicted octanol–water partition coefficient (Wildman–Crippen LogP) is 15.0. The zero-order valence-electron chi connectivity index (χ0n) is 34.6. The average molecular weight is 816 g/mol. The summed E-state index contributed by atoms with van der Waals surface area (Å²) in [7, 11) is 0. The van der Waals surface area contributed by atoms with E-state index < -0.39 is 0 Å². The molecule has 298 valence electrons. The van der Waals surface area contributed by atoms with Crippen LogP contribution in [0.2, 0.25) is 0 Å². The molecule has 0 N–H and O–H groups in total. The Morgan fingerprint density at radius 1 is 0.266 bits per heavy atom. The SMILES string of the molecule is c1ccc(-n2c3ccccc3c3ccc4c5ccccc5n(-c5nc(-c6cccc(-c7ccc8ccccc8c7)c6)nc(-c6cccc(-c7ccc8ccccc8c7)c6)n5)c4c32)cc1. The van der Waals surface area contributed by atoms with E-state index >= 15 is 0 Å². The maximum absolute atomic E-state index is 5.47. The van der Waals surface area contributed by atoms with Crippen LogP contribution in [0, 0.1) is 0 Å². The van der Waals surface area contributed by atoms with Crippen LogP contribution >= 0.6 is 0 Å². The number of hydrogen-bond acceptors (Lipinski definition) is 3. The number of fused-ring (bicyclic) bond motifs is 9. The Balaban J connectivity index is 1.09. The number of benzene rings is 10. The van der Waals surface area contributed by atoms with Gasteiger partial charge in [0.2, 0.25) is 5.95 Å². The van der Waals surface area contributed by atoms with Crippen molar-refractivity contribution in [2.24, 2.45) is 0 Å². The van der Waals surface area contributed by atoms with E-state index in [9.17, 15) is 0 Å². The second-order valence-electron chi connectivity index (χ2n) is 16.5. The van der Waals surface area contributed by atoms with E-state index in [-0.39, 0.29) is 0 Å². The molecule has 3 heterocycles. The molecule has 0 aliphatic carbocycles. The molecule has 0 fully saturated rings. The second kappa shape index (κ2) is 14.5. The standard InChI is InChI=1S/C59H37N5/c1-2-22-48(23-3-1)63-53-26-10-8-24-49(53)51-32-33-52-50-25-9-11-27-54(50)64(56(52)55(51)63)59-61-57(46-20-12-18-42(36-46)44-30-28-38-14-4-6-16-40(38)34-44)60-58(62-59)47-21-13-19-43(37-47)45-31-29-39-15-5-7-17-41(39)35-45/h1-37H. The Hall–Kier alpha value is -8.67. The highest BCUT2D eigenvalue weighted by Gasteiger charge is 2.23. The molecule has 3 aromatic heterocycles. The molecular weight excluding hydrogens is 779 g/mol. The van der Waals surface area contributed by atoms with Gasteiger partial charge in [-0.3, -0.25) is 4.57 Å². The van der Waals surface area contributed by atoms with E-state index in [1.807, 2.05) is 0 Å². The van der Waals surface area contributed by atoms with Gasteiger partial charge in [-0.2, -0.15) is 9.97 Å². The van der Waals surface area contributed by atoms with Crippen molar-refractivity contribution in [3.63, 3.8) is 0 Å². The number of nitrogens with zero attached hydrogens (tertiary/aromatic N) is 5. The Labute approximate surface area is 368 Å². The summed E-state index contributed by atoms with van der Waals surface area (Å²) in [6.45, 7) is 0. The van der Waals surface area contributed by atoms with Gasteiger partial charge in [0.1, 0.15) is 0 Å². The first-order valence-electron chi connectivity index (χ1n) is 21.7. The summed E-state index contributed by atoms with van der Waals surface area (Å²) in [5, 5.41) is 9.44. The van der Waals surface area contributed by atoms with Gasteiger partial charge in [-0.05, 0) is 92.3 Å². The zero-order valence-corrected chi connectivity index (χ0v) is 34.6. The molecule has 5 heteroatoms. The molecule has 0 bridgehead atoms. The predicted molar refractivity (Wildman–Crippen MR) is 265 cm³/mol. The fourth-order valence-electron chi connectivity index (χ4n) is 9.69. The van der Waals surface area contributed by atoms with Gasteiger partial charge in [-0.15, -0.1) is 0 Å². The average Bonchev–Trinajstić information content (AvgIpc) is 3.89. The summed E-state index contributed by atoms with van der Waals surface area (Å²) in [4.78, 5) is 16.3. The van der Waals surface area contributed by atoms with Crippen molar-refractivity contribution in [1.29, 1.82) is 0 Å². The zero-order chi connectivity index (χ0) is 42.1. The van der Waals surface area contributed by atoms with Gasteiger partial charge in [-0.1, -0.05) is 176 Å². The van der Waals surface area contributed by atoms with E-state index in [4.69, 9.17) is 15.0 Å². The summed E-state index contributed by atoms with van der Waals surface area (Å²) in [5.74, 6) is 1.75. The molecular formula is C59H37N5. The van der Waals surface area contributed by atoms with Crippen LogP contribution in [0.3, 0.4) is 0 Å². The van der Waals surface area contributed by atoms with Gasteiger partial charge in [-0.25, -0.2) is 4.98 Å². The van der Waals surface area contributed by atoms with Crippen molar-refractivity contribution >= 4 is 65.2 Å².